The Morgan fingerprint density at radius 1 is 1.30 bits per heavy atom. The van der Waals surface area contributed by atoms with Crippen LogP contribution in [0.15, 0.2) is 0 Å². The van der Waals surface area contributed by atoms with Crippen LogP contribution in [0.2, 0.25) is 5.02 Å². The topological polar surface area (TPSA) is 21.1 Å². The number of hydrogen-bond acceptors (Lipinski definition) is 2. The third kappa shape index (κ3) is 3.32. The lowest BCUT2D eigenvalue weighted by atomic mass is 9.94. The predicted molar refractivity (Wildman–Crippen MR) is 85.7 cm³/mol. The summed E-state index contributed by atoms with van der Waals surface area (Å²) < 4.78 is 2.03. The van der Waals surface area contributed by atoms with Crippen molar-refractivity contribution in [1.82, 2.24) is 14.7 Å². The third-order valence-electron chi connectivity index (χ3n) is 4.31. The van der Waals surface area contributed by atoms with E-state index in [0.717, 1.165) is 42.3 Å². The van der Waals surface area contributed by atoms with Gasteiger partial charge in [-0.15, -0.1) is 11.6 Å². The Kier molecular flexibility index (Phi) is 5.76. The van der Waals surface area contributed by atoms with Crippen LogP contribution >= 0.6 is 23.2 Å². The van der Waals surface area contributed by atoms with Crippen molar-refractivity contribution in [2.45, 2.75) is 70.5 Å². The third-order valence-corrected chi connectivity index (χ3v) is 5.25. The molecule has 1 saturated carbocycles. The van der Waals surface area contributed by atoms with Crippen molar-refractivity contribution in [2.24, 2.45) is 0 Å². The quantitative estimate of drug-likeness (QED) is 0.762. The van der Waals surface area contributed by atoms with Crippen LogP contribution < -0.4 is 0 Å². The molecular formula is C15H25Cl2N3. The fourth-order valence-electron chi connectivity index (χ4n) is 3.08. The highest BCUT2D eigenvalue weighted by atomic mass is 35.5. The summed E-state index contributed by atoms with van der Waals surface area (Å²) in [5.74, 6) is 0. The lowest BCUT2D eigenvalue weighted by molar-refractivity contribution is 0.184. The van der Waals surface area contributed by atoms with Crippen molar-refractivity contribution in [3.8, 4) is 0 Å². The number of aromatic nitrogens is 2. The van der Waals surface area contributed by atoms with Gasteiger partial charge < -0.3 is 0 Å². The van der Waals surface area contributed by atoms with Crippen LogP contribution in [-0.4, -0.2) is 33.1 Å². The maximum atomic E-state index is 6.49. The van der Waals surface area contributed by atoms with Crippen LogP contribution in [0.3, 0.4) is 0 Å². The SMILES string of the molecule is CCc1nn(CC)c(CN(C)C2CCCCC2Cl)c1Cl. The predicted octanol–water partition coefficient (Wildman–Crippen LogP) is 4.10. The van der Waals surface area contributed by atoms with E-state index in [1.165, 1.54) is 19.3 Å². The number of alkyl halides is 1. The molecule has 114 valence electrons. The van der Waals surface area contributed by atoms with Gasteiger partial charge in [-0.3, -0.25) is 9.58 Å². The first-order valence-electron chi connectivity index (χ1n) is 7.66. The van der Waals surface area contributed by atoms with E-state index >= 15 is 0 Å². The molecular weight excluding hydrogens is 293 g/mol. The van der Waals surface area contributed by atoms with Crippen LogP contribution in [0.4, 0.5) is 0 Å². The van der Waals surface area contributed by atoms with Gasteiger partial charge in [0, 0.05) is 24.5 Å². The zero-order valence-corrected chi connectivity index (χ0v) is 14.2. The van der Waals surface area contributed by atoms with Crippen molar-refractivity contribution >= 4 is 23.2 Å². The standard InChI is InChI=1S/C15H25Cl2N3/c1-4-12-15(17)14(20(5-2)18-12)10-19(3)13-9-7-6-8-11(13)16/h11,13H,4-10H2,1-3H3. The van der Waals surface area contributed by atoms with Gasteiger partial charge in [0.25, 0.3) is 0 Å². The van der Waals surface area contributed by atoms with E-state index in [2.05, 4.69) is 30.9 Å². The Morgan fingerprint density at radius 3 is 2.60 bits per heavy atom. The minimum Gasteiger partial charge on any atom is -0.296 e. The molecule has 5 heteroatoms. The highest BCUT2D eigenvalue weighted by Crippen LogP contribution is 2.29. The summed E-state index contributed by atoms with van der Waals surface area (Å²) in [6.07, 6.45) is 5.72. The van der Waals surface area contributed by atoms with Crippen molar-refractivity contribution in [2.75, 3.05) is 7.05 Å². The summed E-state index contributed by atoms with van der Waals surface area (Å²) in [6, 6.07) is 0.451. The molecule has 0 radical (unpaired) electrons. The van der Waals surface area contributed by atoms with Gasteiger partial charge in [0.05, 0.1) is 16.4 Å². The summed E-state index contributed by atoms with van der Waals surface area (Å²) >= 11 is 13.0. The van der Waals surface area contributed by atoms with Gasteiger partial charge in [0.2, 0.25) is 0 Å². The lowest BCUT2D eigenvalue weighted by Gasteiger charge is -2.35. The Balaban J connectivity index is 2.14. The fraction of sp³-hybridized carbons (Fsp3) is 0.800. The van der Waals surface area contributed by atoms with Crippen molar-refractivity contribution in [3.05, 3.63) is 16.4 Å². The zero-order chi connectivity index (χ0) is 14.7. The molecule has 3 nitrogen and oxygen atoms in total. The number of aryl methyl sites for hydroxylation is 2. The molecule has 2 rings (SSSR count). The van der Waals surface area contributed by atoms with Gasteiger partial charge >= 0.3 is 0 Å². The molecule has 20 heavy (non-hydrogen) atoms. The number of halogens is 2. The van der Waals surface area contributed by atoms with Gasteiger partial charge in [-0.05, 0) is 33.2 Å². The molecule has 1 aliphatic carbocycles. The fourth-order valence-corrected chi connectivity index (χ4v) is 3.89. The van der Waals surface area contributed by atoms with E-state index in [1.807, 2.05) is 4.68 Å². The maximum absolute atomic E-state index is 6.49. The van der Waals surface area contributed by atoms with Crippen LogP contribution in [0.5, 0.6) is 0 Å². The largest absolute Gasteiger partial charge is 0.296 e. The summed E-state index contributed by atoms with van der Waals surface area (Å²) in [4.78, 5) is 2.35. The number of rotatable bonds is 5. The summed E-state index contributed by atoms with van der Waals surface area (Å²) in [5, 5.41) is 5.69. The minimum absolute atomic E-state index is 0.260. The smallest absolute Gasteiger partial charge is 0.0863 e. The molecule has 0 bridgehead atoms. The molecule has 1 fully saturated rings. The van der Waals surface area contributed by atoms with Crippen molar-refractivity contribution < 1.29 is 0 Å². The lowest BCUT2D eigenvalue weighted by Crippen LogP contribution is -2.40. The van der Waals surface area contributed by atoms with Crippen LogP contribution in [0.1, 0.15) is 50.9 Å². The molecule has 0 N–H and O–H groups in total. The normalized spacial score (nSPS) is 23.5. The van der Waals surface area contributed by atoms with E-state index < -0.39 is 0 Å². The van der Waals surface area contributed by atoms with Gasteiger partial charge in [0.1, 0.15) is 0 Å². The first-order chi connectivity index (χ1) is 9.58. The Labute approximate surface area is 132 Å². The molecule has 2 unspecified atom stereocenters. The minimum atomic E-state index is 0.260. The second-order valence-electron chi connectivity index (χ2n) is 5.66. The summed E-state index contributed by atoms with van der Waals surface area (Å²) in [7, 11) is 2.15. The molecule has 0 aliphatic heterocycles. The zero-order valence-electron chi connectivity index (χ0n) is 12.7. The Bertz CT molecular complexity index is 445. The highest BCUT2D eigenvalue weighted by Gasteiger charge is 2.28. The van der Waals surface area contributed by atoms with Gasteiger partial charge in [-0.1, -0.05) is 31.4 Å². The number of hydrogen-bond donors (Lipinski definition) is 0. The van der Waals surface area contributed by atoms with Crippen LogP contribution in [-0.2, 0) is 19.5 Å². The van der Waals surface area contributed by atoms with Crippen molar-refractivity contribution in [3.63, 3.8) is 0 Å². The van der Waals surface area contributed by atoms with Gasteiger partial charge in [-0.2, -0.15) is 5.10 Å². The summed E-state index contributed by atoms with van der Waals surface area (Å²) in [5.41, 5.74) is 2.13. The Morgan fingerprint density at radius 2 is 2.00 bits per heavy atom. The molecule has 0 aromatic carbocycles. The molecule has 1 aliphatic rings. The summed E-state index contributed by atoms with van der Waals surface area (Å²) in [6.45, 7) is 5.89. The number of nitrogens with zero attached hydrogens (tertiary/aromatic N) is 3. The molecule has 0 spiro atoms. The molecule has 2 atom stereocenters. The first kappa shape index (κ1) is 16.1. The van der Waals surface area contributed by atoms with Gasteiger partial charge in [0.15, 0.2) is 0 Å². The molecule has 1 aromatic rings. The first-order valence-corrected chi connectivity index (χ1v) is 8.48. The molecule has 0 saturated heterocycles. The van der Waals surface area contributed by atoms with E-state index in [0.29, 0.717) is 6.04 Å². The van der Waals surface area contributed by atoms with E-state index in [4.69, 9.17) is 23.2 Å². The van der Waals surface area contributed by atoms with E-state index in [-0.39, 0.29) is 5.38 Å². The maximum Gasteiger partial charge on any atom is 0.0863 e. The average Bonchev–Trinajstić information content (AvgIpc) is 2.75. The highest BCUT2D eigenvalue weighted by molar-refractivity contribution is 6.31. The monoisotopic (exact) mass is 317 g/mol. The molecule has 1 aromatic heterocycles. The van der Waals surface area contributed by atoms with Crippen LogP contribution in [0.25, 0.3) is 0 Å². The van der Waals surface area contributed by atoms with Crippen molar-refractivity contribution in [1.29, 1.82) is 0 Å². The molecule has 1 heterocycles. The second-order valence-corrected chi connectivity index (χ2v) is 6.60. The van der Waals surface area contributed by atoms with Gasteiger partial charge in [-0.25, -0.2) is 0 Å². The average molecular weight is 318 g/mol. The van der Waals surface area contributed by atoms with Crippen LogP contribution in [0, 0.1) is 0 Å². The molecule has 0 amide bonds. The second kappa shape index (κ2) is 7.15. The van der Waals surface area contributed by atoms with E-state index in [9.17, 15) is 0 Å². The van der Waals surface area contributed by atoms with E-state index in [1.54, 1.807) is 0 Å². The Hall–Kier alpha value is -0.250.